The first-order chi connectivity index (χ1) is 15.2. The molecule has 182 valence electrons. The molecule has 0 radical (unpaired) electrons. The molecule has 9 heteroatoms. The Labute approximate surface area is 218 Å². The van der Waals surface area contributed by atoms with E-state index in [4.69, 9.17) is 4.55 Å². The lowest BCUT2D eigenvalue weighted by Crippen LogP contribution is -1.98. The van der Waals surface area contributed by atoms with Crippen molar-refractivity contribution in [3.8, 4) is 0 Å². The van der Waals surface area contributed by atoms with Crippen LogP contribution in [0.25, 0.3) is 10.8 Å². The minimum Gasteiger partial charge on any atom is -0.282 e. The first-order valence-electron chi connectivity index (χ1n) is 10.0. The molecule has 0 spiro atoms. The van der Waals surface area contributed by atoms with Crippen molar-refractivity contribution in [2.45, 2.75) is 51.3 Å². The summed E-state index contributed by atoms with van der Waals surface area (Å²) in [4.78, 5) is 0.325. The predicted molar refractivity (Wildman–Crippen MR) is 155 cm³/mol. The number of rotatable bonds is 2. The molecular formula is C23H34I2O5S2. The van der Waals surface area contributed by atoms with E-state index in [1.54, 1.807) is 60.7 Å². The van der Waals surface area contributed by atoms with Crippen LogP contribution >= 0.6 is 37.2 Å². The second kappa shape index (κ2) is 20.8. The Hall–Kier alpha value is -0.760. The van der Waals surface area contributed by atoms with Crippen LogP contribution in [0.2, 0.25) is 0 Å². The van der Waals surface area contributed by atoms with Gasteiger partial charge in [0.25, 0.3) is 10.1 Å². The van der Waals surface area contributed by atoms with E-state index in [0.717, 1.165) is 5.39 Å². The van der Waals surface area contributed by atoms with E-state index in [1.165, 1.54) is 12.3 Å². The SMILES string of the molecule is CC.CC.CC.CS(=O)(=O)c1ccccc1.II.O=S(=O)(O)c1cccc2ccccc12. The Bertz CT molecular complexity index is 1050. The van der Waals surface area contributed by atoms with Gasteiger partial charge in [-0.25, -0.2) is 8.42 Å². The number of hydrogen-bond acceptors (Lipinski definition) is 4. The molecule has 1 N–H and O–H groups in total. The van der Waals surface area contributed by atoms with Crippen molar-refractivity contribution >= 4 is 68.0 Å². The Kier molecular flexibility index (Phi) is 23.3. The lowest BCUT2D eigenvalue weighted by Gasteiger charge is -2.02. The second-order valence-corrected chi connectivity index (χ2v) is 8.44. The summed E-state index contributed by atoms with van der Waals surface area (Å²) >= 11 is 4.24. The third-order valence-corrected chi connectivity index (χ3v) is 5.24. The standard InChI is InChI=1S/C10H8O3S.C7H8O2S.3C2H6.I2/c11-14(12,13)10-7-3-5-8-4-1-2-6-9(8)10;1-10(8,9)7-5-3-2-4-6-7;4*1-2/h1-7H,(H,11,12,13);2-6H,1H3;3*1-2H3;. The van der Waals surface area contributed by atoms with Gasteiger partial charge >= 0.3 is 0 Å². The van der Waals surface area contributed by atoms with E-state index in [1.807, 2.05) is 47.6 Å². The summed E-state index contributed by atoms with van der Waals surface area (Å²) in [6, 6.07) is 20.1. The molecule has 0 aromatic heterocycles. The molecule has 0 unspecified atom stereocenters. The third-order valence-electron chi connectivity index (χ3n) is 3.20. The average Bonchev–Trinajstić information content (AvgIpc) is 2.84. The molecule has 0 aliphatic carbocycles. The molecule has 32 heavy (non-hydrogen) atoms. The van der Waals surface area contributed by atoms with Crippen molar-refractivity contribution in [3.63, 3.8) is 0 Å². The molecule has 3 aromatic carbocycles. The van der Waals surface area contributed by atoms with Gasteiger partial charge in [-0.15, -0.1) is 0 Å². The predicted octanol–water partition coefficient (Wildman–Crippen LogP) is 8.03. The topological polar surface area (TPSA) is 88.5 Å². The molecule has 0 fully saturated rings. The molecule has 0 atom stereocenters. The van der Waals surface area contributed by atoms with Gasteiger partial charge in [-0.1, -0.05) is 96.1 Å². The number of fused-ring (bicyclic) bond motifs is 1. The van der Waals surface area contributed by atoms with Crippen LogP contribution in [0.4, 0.5) is 0 Å². The summed E-state index contributed by atoms with van der Waals surface area (Å²) in [5, 5.41) is 1.33. The molecule has 0 saturated heterocycles. The normalized spacial score (nSPS) is 9.44. The molecule has 0 bridgehead atoms. The van der Waals surface area contributed by atoms with Crippen molar-refractivity contribution in [2.24, 2.45) is 0 Å². The second-order valence-electron chi connectivity index (χ2n) is 5.04. The fourth-order valence-electron chi connectivity index (χ4n) is 2.09. The van der Waals surface area contributed by atoms with Crippen LogP contribution in [-0.2, 0) is 20.0 Å². The van der Waals surface area contributed by atoms with Crippen LogP contribution < -0.4 is 0 Å². The van der Waals surface area contributed by atoms with E-state index < -0.39 is 20.0 Å². The van der Waals surface area contributed by atoms with Crippen LogP contribution in [0.15, 0.2) is 82.6 Å². The molecule has 3 aromatic rings. The average molecular weight is 708 g/mol. The van der Waals surface area contributed by atoms with E-state index >= 15 is 0 Å². The Morgan fingerprint density at radius 3 is 1.44 bits per heavy atom. The minimum absolute atomic E-state index is 0.0457. The maximum Gasteiger partial charge on any atom is 0.295 e. The smallest absolute Gasteiger partial charge is 0.282 e. The van der Waals surface area contributed by atoms with Crippen molar-refractivity contribution in [3.05, 3.63) is 72.8 Å². The lowest BCUT2D eigenvalue weighted by molar-refractivity contribution is 0.484. The van der Waals surface area contributed by atoms with Gasteiger partial charge in [0, 0.05) is 48.9 Å². The molecule has 0 heterocycles. The zero-order valence-electron chi connectivity index (χ0n) is 19.6. The quantitative estimate of drug-likeness (QED) is 0.215. The highest BCUT2D eigenvalue weighted by atomic mass is 128. The molecular weight excluding hydrogens is 674 g/mol. The summed E-state index contributed by atoms with van der Waals surface area (Å²) < 4.78 is 52.6. The summed E-state index contributed by atoms with van der Waals surface area (Å²) in [6.07, 6.45) is 1.20. The monoisotopic (exact) mass is 708 g/mol. The van der Waals surface area contributed by atoms with Gasteiger partial charge in [-0.2, -0.15) is 8.42 Å². The van der Waals surface area contributed by atoms with Crippen LogP contribution in [0.3, 0.4) is 0 Å². The lowest BCUT2D eigenvalue weighted by atomic mass is 10.1. The molecule has 5 nitrogen and oxygen atoms in total. The van der Waals surface area contributed by atoms with E-state index in [0.29, 0.717) is 10.3 Å². The number of benzene rings is 3. The number of halogens is 2. The summed E-state index contributed by atoms with van der Waals surface area (Å²) in [5.74, 6) is 0. The van der Waals surface area contributed by atoms with Gasteiger partial charge in [0.15, 0.2) is 9.84 Å². The van der Waals surface area contributed by atoms with Crippen molar-refractivity contribution in [1.29, 1.82) is 0 Å². The van der Waals surface area contributed by atoms with Crippen LogP contribution in [0.5, 0.6) is 0 Å². The number of hydrogen-bond donors (Lipinski definition) is 1. The maximum atomic E-state index is 11.0. The largest absolute Gasteiger partial charge is 0.295 e. The van der Waals surface area contributed by atoms with E-state index in [2.05, 4.69) is 37.2 Å². The maximum absolute atomic E-state index is 11.0. The fraction of sp³-hybridized carbons (Fsp3) is 0.304. The van der Waals surface area contributed by atoms with Gasteiger partial charge in [0.05, 0.1) is 4.90 Å². The molecule has 0 aliphatic rings. The zero-order valence-corrected chi connectivity index (χ0v) is 25.5. The zero-order chi connectivity index (χ0) is 25.8. The number of sulfone groups is 1. The highest BCUT2D eigenvalue weighted by Gasteiger charge is 2.12. The van der Waals surface area contributed by atoms with Crippen LogP contribution in [0, 0.1) is 0 Å². The van der Waals surface area contributed by atoms with Crippen LogP contribution in [0.1, 0.15) is 41.5 Å². The van der Waals surface area contributed by atoms with Gasteiger partial charge in [0.1, 0.15) is 4.90 Å². The van der Waals surface area contributed by atoms with Crippen molar-refractivity contribution < 1.29 is 21.4 Å². The Morgan fingerprint density at radius 1 is 0.625 bits per heavy atom. The molecule has 0 amide bonds. The van der Waals surface area contributed by atoms with Gasteiger partial charge < -0.3 is 0 Å². The first kappa shape index (κ1) is 35.8. The highest BCUT2D eigenvalue weighted by Crippen LogP contribution is 2.22. The fourth-order valence-corrected chi connectivity index (χ4v) is 3.45. The van der Waals surface area contributed by atoms with Crippen molar-refractivity contribution in [2.75, 3.05) is 6.26 Å². The summed E-state index contributed by atoms with van der Waals surface area (Å²) in [6.45, 7) is 12.0. The first-order valence-corrected chi connectivity index (χ1v) is 19.7. The third kappa shape index (κ3) is 14.4. The molecule has 0 saturated carbocycles. The van der Waals surface area contributed by atoms with Crippen LogP contribution in [-0.4, -0.2) is 27.6 Å². The van der Waals surface area contributed by atoms with E-state index in [9.17, 15) is 16.8 Å². The van der Waals surface area contributed by atoms with Gasteiger partial charge in [-0.05, 0) is 23.6 Å². The van der Waals surface area contributed by atoms with Crippen molar-refractivity contribution in [1.82, 2.24) is 0 Å². The van der Waals surface area contributed by atoms with Gasteiger partial charge in [-0.3, -0.25) is 4.55 Å². The van der Waals surface area contributed by atoms with Gasteiger partial charge in [0.2, 0.25) is 0 Å². The summed E-state index contributed by atoms with van der Waals surface area (Å²) in [7, 11) is -7.13. The Morgan fingerprint density at radius 2 is 1.03 bits per heavy atom. The summed E-state index contributed by atoms with van der Waals surface area (Å²) in [5.41, 5.74) is 0. The Balaban J connectivity index is -0.000000412. The minimum atomic E-state index is -4.13. The molecule has 3 rings (SSSR count). The highest BCUT2D eigenvalue weighted by molar-refractivity contribution is 15.0. The molecule has 0 aliphatic heterocycles. The van der Waals surface area contributed by atoms with E-state index in [-0.39, 0.29) is 4.90 Å².